The summed E-state index contributed by atoms with van der Waals surface area (Å²) in [5.74, 6) is -0.189. The quantitative estimate of drug-likeness (QED) is 0.0795. The van der Waals surface area contributed by atoms with Crippen LogP contribution in [0.1, 0.15) is 57.6 Å². The molecule has 0 fully saturated rings. The van der Waals surface area contributed by atoms with Gasteiger partial charge in [-0.25, -0.2) is 0 Å². The Kier molecular flexibility index (Phi) is 15.1. The standard InChI is InChI=1S/C27H31NO5.C2H6/c1-3-12-26(17-7-5-4-6-8-18-27(29)32-2)33-21-22-13-11-15-23(19-22)24-14-9-10-16-25(20-24)28(30)31;1-2/h3-5,7,10-17,19-20,26H,6,8-9,18,21H2,1-2H3;1-2H3/b5-4+,12-3-,17-7?;. The van der Waals surface area contributed by atoms with E-state index >= 15 is 0 Å². The fraction of sp³-hybridized carbons (Fsp3) is 0.345. The van der Waals surface area contributed by atoms with Gasteiger partial charge in [0.25, 0.3) is 5.70 Å². The molecule has 1 unspecified atom stereocenters. The van der Waals surface area contributed by atoms with E-state index in [1.165, 1.54) is 13.2 Å². The van der Waals surface area contributed by atoms with Gasteiger partial charge in [-0.2, -0.15) is 0 Å². The zero-order valence-electron chi connectivity index (χ0n) is 21.2. The predicted molar refractivity (Wildman–Crippen MR) is 142 cm³/mol. The average molecular weight is 480 g/mol. The van der Waals surface area contributed by atoms with Crippen LogP contribution in [-0.4, -0.2) is 24.1 Å². The lowest BCUT2D eigenvalue weighted by Gasteiger charge is -2.11. The van der Waals surface area contributed by atoms with Gasteiger partial charge in [0.2, 0.25) is 0 Å². The molecular weight excluding hydrogens is 442 g/mol. The van der Waals surface area contributed by atoms with Crippen molar-refractivity contribution in [3.8, 4) is 0 Å². The molecule has 0 amide bonds. The zero-order valence-corrected chi connectivity index (χ0v) is 21.2. The lowest BCUT2D eigenvalue weighted by Crippen LogP contribution is -2.06. The van der Waals surface area contributed by atoms with Crippen LogP contribution in [0.4, 0.5) is 0 Å². The molecule has 0 N–H and O–H groups in total. The molecule has 0 aromatic heterocycles. The van der Waals surface area contributed by atoms with E-state index < -0.39 is 0 Å². The van der Waals surface area contributed by atoms with Crippen LogP contribution in [0.2, 0.25) is 0 Å². The highest BCUT2D eigenvalue weighted by Crippen LogP contribution is 2.23. The van der Waals surface area contributed by atoms with Gasteiger partial charge in [0.05, 0.1) is 24.7 Å². The predicted octanol–water partition coefficient (Wildman–Crippen LogP) is 7.13. The number of carbonyl (C=O) groups is 1. The van der Waals surface area contributed by atoms with Crippen molar-refractivity contribution in [2.24, 2.45) is 0 Å². The molecule has 6 nitrogen and oxygen atoms in total. The monoisotopic (exact) mass is 479 g/mol. The molecule has 1 aliphatic rings. The minimum atomic E-state index is -0.371. The van der Waals surface area contributed by atoms with Crippen molar-refractivity contribution in [1.29, 1.82) is 0 Å². The van der Waals surface area contributed by atoms with E-state index in [-0.39, 0.29) is 22.7 Å². The summed E-state index contributed by atoms with van der Waals surface area (Å²) in [6, 6.07) is 7.87. The zero-order chi connectivity index (χ0) is 25.9. The molecule has 0 saturated carbocycles. The van der Waals surface area contributed by atoms with E-state index in [4.69, 9.17) is 4.74 Å². The Balaban J connectivity index is 0.00000298. The van der Waals surface area contributed by atoms with E-state index in [1.807, 2.05) is 87.6 Å². The molecule has 6 heteroatoms. The molecule has 1 atom stereocenters. The van der Waals surface area contributed by atoms with Crippen molar-refractivity contribution in [1.82, 2.24) is 0 Å². The minimum absolute atomic E-state index is 0.0806. The second-order valence-electron chi connectivity index (χ2n) is 7.41. The number of esters is 1. The van der Waals surface area contributed by atoms with Gasteiger partial charge in [0, 0.05) is 18.6 Å². The number of nitro groups is 1. The average Bonchev–Trinajstić information content (AvgIpc) is 3.14. The van der Waals surface area contributed by atoms with Crippen LogP contribution < -0.4 is 0 Å². The third kappa shape index (κ3) is 12.0. The second kappa shape index (κ2) is 17.9. The topological polar surface area (TPSA) is 78.7 Å². The van der Waals surface area contributed by atoms with Crippen molar-refractivity contribution < 1.29 is 19.2 Å². The molecule has 0 heterocycles. The Labute approximate surface area is 209 Å². The molecule has 2 rings (SSSR count). The van der Waals surface area contributed by atoms with Crippen LogP contribution in [0.25, 0.3) is 5.57 Å². The third-order valence-electron chi connectivity index (χ3n) is 4.89. The molecule has 0 saturated heterocycles. The lowest BCUT2D eigenvalue weighted by atomic mass is 10.0. The largest absolute Gasteiger partial charge is 0.469 e. The lowest BCUT2D eigenvalue weighted by molar-refractivity contribution is -0.418. The Hall–Kier alpha value is -3.51. The van der Waals surface area contributed by atoms with E-state index in [2.05, 4.69) is 4.74 Å². The maximum atomic E-state index is 11.2. The third-order valence-corrected chi connectivity index (χ3v) is 4.89. The van der Waals surface area contributed by atoms with Gasteiger partial charge in [-0.3, -0.25) is 14.9 Å². The van der Waals surface area contributed by atoms with Crippen molar-refractivity contribution in [3.63, 3.8) is 0 Å². The van der Waals surface area contributed by atoms with Gasteiger partial charge in [-0.05, 0) is 49.0 Å². The summed E-state index contributed by atoms with van der Waals surface area (Å²) in [5, 5.41) is 11.2. The van der Waals surface area contributed by atoms with Crippen LogP contribution in [-0.2, 0) is 20.9 Å². The molecule has 1 aromatic rings. The van der Waals surface area contributed by atoms with E-state index in [0.29, 0.717) is 19.4 Å². The highest BCUT2D eigenvalue weighted by atomic mass is 16.6. The number of hydrogen-bond donors (Lipinski definition) is 0. The molecule has 0 aliphatic heterocycles. The summed E-state index contributed by atoms with van der Waals surface area (Å²) in [7, 11) is 1.40. The maximum Gasteiger partial charge on any atom is 0.305 e. The van der Waals surface area contributed by atoms with Crippen molar-refractivity contribution in [3.05, 3.63) is 112 Å². The molecule has 1 aromatic carbocycles. The van der Waals surface area contributed by atoms with Crippen LogP contribution in [0, 0.1) is 10.1 Å². The number of unbranched alkanes of at least 4 members (excludes halogenated alkanes) is 1. The summed E-state index contributed by atoms with van der Waals surface area (Å²) >= 11 is 0. The molecule has 0 radical (unpaired) electrons. The first-order valence-electron chi connectivity index (χ1n) is 12.0. The van der Waals surface area contributed by atoms with Crippen molar-refractivity contribution in [2.75, 3.05) is 7.11 Å². The van der Waals surface area contributed by atoms with Gasteiger partial charge in [-0.1, -0.05) is 80.7 Å². The van der Waals surface area contributed by atoms with Gasteiger partial charge < -0.3 is 9.47 Å². The fourth-order valence-corrected chi connectivity index (χ4v) is 3.18. The molecule has 0 spiro atoms. The number of benzene rings is 1. The van der Waals surface area contributed by atoms with Crippen molar-refractivity contribution >= 4 is 11.5 Å². The van der Waals surface area contributed by atoms with Gasteiger partial charge in [-0.15, -0.1) is 0 Å². The number of ether oxygens (including phenoxy) is 2. The Morgan fingerprint density at radius 2 is 2.03 bits per heavy atom. The first-order chi connectivity index (χ1) is 17.0. The summed E-state index contributed by atoms with van der Waals surface area (Å²) < 4.78 is 10.7. The highest BCUT2D eigenvalue weighted by molar-refractivity contribution is 5.75. The van der Waals surface area contributed by atoms with Gasteiger partial charge in [0.15, 0.2) is 0 Å². The van der Waals surface area contributed by atoms with E-state index in [9.17, 15) is 14.9 Å². The summed E-state index contributed by atoms with van der Waals surface area (Å²) in [4.78, 5) is 21.9. The van der Waals surface area contributed by atoms with E-state index in [1.54, 1.807) is 12.2 Å². The van der Waals surface area contributed by atoms with Crippen LogP contribution in [0.5, 0.6) is 0 Å². The van der Waals surface area contributed by atoms with Crippen LogP contribution in [0.15, 0.2) is 90.7 Å². The summed E-state index contributed by atoms with van der Waals surface area (Å²) in [5.41, 5.74) is 2.82. The first-order valence-corrected chi connectivity index (χ1v) is 12.0. The Morgan fingerprint density at radius 1 is 1.23 bits per heavy atom. The number of carbonyl (C=O) groups excluding carboxylic acids is 1. The SMILES string of the molecule is C/C=C\C(C=C/C=C/CCCC(=O)OC)OCc1cccc(C2=CCC=CC([N+](=O)[O-])=C2)c1.CC. The highest BCUT2D eigenvalue weighted by Gasteiger charge is 2.11. The minimum Gasteiger partial charge on any atom is -0.469 e. The molecule has 188 valence electrons. The Morgan fingerprint density at radius 3 is 2.74 bits per heavy atom. The van der Waals surface area contributed by atoms with Gasteiger partial charge in [0.1, 0.15) is 0 Å². The second-order valence-corrected chi connectivity index (χ2v) is 7.41. The summed E-state index contributed by atoms with van der Waals surface area (Å²) in [6.45, 7) is 6.35. The summed E-state index contributed by atoms with van der Waals surface area (Å²) in [6.07, 6.45) is 21.1. The molecule has 35 heavy (non-hydrogen) atoms. The number of allylic oxidation sites excluding steroid dienone is 9. The van der Waals surface area contributed by atoms with E-state index in [0.717, 1.165) is 29.5 Å². The molecule has 1 aliphatic carbocycles. The molecule has 0 bridgehead atoms. The molecular formula is C29H37NO5. The number of nitrogens with zero attached hydrogens (tertiary/aromatic N) is 1. The number of hydrogen-bond acceptors (Lipinski definition) is 5. The number of rotatable bonds is 12. The van der Waals surface area contributed by atoms with Crippen molar-refractivity contribution in [2.45, 2.75) is 59.2 Å². The maximum absolute atomic E-state index is 11.2. The normalized spacial score (nSPS) is 14.3. The Bertz CT molecular complexity index is 983. The number of methoxy groups -OCH3 is 1. The van der Waals surface area contributed by atoms with Crippen LogP contribution in [0.3, 0.4) is 0 Å². The smallest absolute Gasteiger partial charge is 0.305 e. The fourth-order valence-electron chi connectivity index (χ4n) is 3.18. The first kappa shape index (κ1) is 29.5. The van der Waals surface area contributed by atoms with Gasteiger partial charge >= 0.3 is 5.97 Å². The van der Waals surface area contributed by atoms with Crippen LogP contribution >= 0.6 is 0 Å².